The lowest BCUT2D eigenvalue weighted by Gasteiger charge is -2.05. The zero-order valence-corrected chi connectivity index (χ0v) is 18.2. The Morgan fingerprint density at radius 2 is 1.10 bits per heavy atom. The van der Waals surface area contributed by atoms with E-state index in [2.05, 4.69) is 60.0 Å². The zero-order chi connectivity index (χ0) is 20.5. The highest BCUT2D eigenvalue weighted by Gasteiger charge is 2.17. The van der Waals surface area contributed by atoms with E-state index in [9.17, 15) is 0 Å². The summed E-state index contributed by atoms with van der Waals surface area (Å²) in [6, 6.07) is 12.8. The predicted octanol–water partition coefficient (Wildman–Crippen LogP) is 7.38. The summed E-state index contributed by atoms with van der Waals surface area (Å²) in [6.07, 6.45) is 12.0. The Kier molecular flexibility index (Phi) is 4.92. The Morgan fingerprint density at radius 1 is 0.667 bits per heavy atom. The first-order valence-electron chi connectivity index (χ1n) is 9.51. The average molecular weight is 427 g/mol. The smallest absolute Gasteiger partial charge is 0.138 e. The van der Waals surface area contributed by atoms with Crippen molar-refractivity contribution in [2.45, 2.75) is 0 Å². The molecule has 2 aliphatic rings. The van der Waals surface area contributed by atoms with E-state index in [0.29, 0.717) is 0 Å². The van der Waals surface area contributed by atoms with Crippen LogP contribution in [0.3, 0.4) is 0 Å². The second kappa shape index (κ2) is 7.87. The molecule has 2 aliphatic carbocycles. The molecule has 146 valence electrons. The van der Waals surface area contributed by atoms with E-state index in [4.69, 9.17) is 9.47 Å². The van der Waals surface area contributed by atoms with E-state index in [0.717, 1.165) is 53.3 Å². The van der Waals surface area contributed by atoms with Crippen LogP contribution in [-0.4, -0.2) is 14.2 Å². The van der Waals surface area contributed by atoms with E-state index in [1.54, 1.807) is 36.9 Å². The van der Waals surface area contributed by atoms with Gasteiger partial charge in [0.05, 0.1) is 24.0 Å². The maximum atomic E-state index is 5.65. The molecular formula is C26H18O2S2. The van der Waals surface area contributed by atoms with Gasteiger partial charge in [0.2, 0.25) is 0 Å². The molecule has 0 radical (unpaired) electrons. The third kappa shape index (κ3) is 3.33. The summed E-state index contributed by atoms with van der Waals surface area (Å²) in [4.78, 5) is 4.57. The zero-order valence-electron chi connectivity index (χ0n) is 16.6. The summed E-state index contributed by atoms with van der Waals surface area (Å²) >= 11 is 3.45. The summed E-state index contributed by atoms with van der Waals surface area (Å²) in [6.45, 7) is 0. The third-order valence-electron chi connectivity index (χ3n) is 4.97. The van der Waals surface area contributed by atoms with Crippen molar-refractivity contribution in [2.24, 2.45) is 0 Å². The first-order chi connectivity index (χ1) is 14.8. The molecule has 0 bridgehead atoms. The Balaban J connectivity index is 1.50. The summed E-state index contributed by atoms with van der Waals surface area (Å²) in [5.41, 5.74) is 11.0. The number of ether oxygens (including phenoxy) is 2. The van der Waals surface area contributed by atoms with Gasteiger partial charge in [0.15, 0.2) is 0 Å². The monoisotopic (exact) mass is 426 g/mol. The van der Waals surface area contributed by atoms with Gasteiger partial charge in [-0.05, 0) is 35.4 Å². The lowest BCUT2D eigenvalue weighted by molar-refractivity contribution is 0.418. The lowest BCUT2D eigenvalue weighted by atomic mass is 10.1. The normalized spacial score (nSPS) is 13.8. The van der Waals surface area contributed by atoms with Crippen molar-refractivity contribution >= 4 is 33.8 Å². The molecular weight excluding hydrogens is 408 g/mol. The standard InChI is InChI=1S/C26H18O2S2/c1-27-21-15-23(17-7-3-4-8-17)29-25(21)19-11-13-20(14-12-19)26-22(28-2)16-24(30-26)18-9-5-6-10-18/h3-7,9,11-16H,1-2H3. The summed E-state index contributed by atoms with van der Waals surface area (Å²) < 4.78 is 11.3. The highest BCUT2D eigenvalue weighted by molar-refractivity contribution is 7.17. The van der Waals surface area contributed by atoms with Crippen molar-refractivity contribution < 1.29 is 9.47 Å². The Hall–Kier alpha value is -3.26. The van der Waals surface area contributed by atoms with Gasteiger partial charge in [-0.2, -0.15) is 0 Å². The highest BCUT2D eigenvalue weighted by atomic mass is 32.1. The molecule has 30 heavy (non-hydrogen) atoms. The molecule has 0 atom stereocenters. The number of methoxy groups -OCH3 is 2. The van der Waals surface area contributed by atoms with Crippen LogP contribution in [0, 0.1) is 0 Å². The second-order valence-corrected chi connectivity index (χ2v) is 8.87. The van der Waals surface area contributed by atoms with Crippen LogP contribution in [0.1, 0.15) is 9.75 Å². The molecule has 3 aromatic rings. The quantitative estimate of drug-likeness (QED) is 0.383. The van der Waals surface area contributed by atoms with Crippen LogP contribution >= 0.6 is 22.7 Å². The molecule has 0 aliphatic heterocycles. The Morgan fingerprint density at radius 3 is 1.43 bits per heavy atom. The Labute approximate surface area is 183 Å². The average Bonchev–Trinajstić information content (AvgIpc) is 3.58. The second-order valence-electron chi connectivity index (χ2n) is 6.76. The summed E-state index contributed by atoms with van der Waals surface area (Å²) in [5.74, 6) is 1.78. The van der Waals surface area contributed by atoms with Gasteiger partial charge in [0.1, 0.15) is 11.5 Å². The van der Waals surface area contributed by atoms with Crippen LogP contribution in [0.5, 0.6) is 11.5 Å². The summed E-state index contributed by atoms with van der Waals surface area (Å²) in [5, 5.41) is 0. The molecule has 2 aromatic heterocycles. The van der Waals surface area contributed by atoms with Crippen molar-refractivity contribution in [1.29, 1.82) is 0 Å². The van der Waals surface area contributed by atoms with Gasteiger partial charge in [-0.1, -0.05) is 36.4 Å². The molecule has 1 aromatic carbocycles. The topological polar surface area (TPSA) is 18.5 Å². The van der Waals surface area contributed by atoms with Crippen molar-refractivity contribution in [2.75, 3.05) is 14.2 Å². The fourth-order valence-corrected chi connectivity index (χ4v) is 5.70. The largest absolute Gasteiger partial charge is 0.495 e. The predicted molar refractivity (Wildman–Crippen MR) is 127 cm³/mol. The first kappa shape index (κ1) is 18.7. The number of hydrogen-bond donors (Lipinski definition) is 0. The molecule has 2 heterocycles. The fourth-order valence-electron chi connectivity index (χ4n) is 3.46. The van der Waals surface area contributed by atoms with Gasteiger partial charge in [-0.15, -0.1) is 34.1 Å². The third-order valence-corrected chi connectivity index (χ3v) is 7.37. The Bertz CT molecular complexity index is 1210. The molecule has 0 unspecified atom stereocenters. The van der Waals surface area contributed by atoms with E-state index in [1.165, 1.54) is 0 Å². The molecule has 0 saturated carbocycles. The molecule has 0 spiro atoms. The van der Waals surface area contributed by atoms with E-state index < -0.39 is 0 Å². The van der Waals surface area contributed by atoms with Crippen LogP contribution in [0.25, 0.3) is 32.0 Å². The van der Waals surface area contributed by atoms with Gasteiger partial charge >= 0.3 is 0 Å². The van der Waals surface area contributed by atoms with Crippen LogP contribution in [-0.2, 0) is 0 Å². The minimum absolute atomic E-state index is 0.889. The number of thiophene rings is 2. The van der Waals surface area contributed by atoms with E-state index in [-0.39, 0.29) is 0 Å². The van der Waals surface area contributed by atoms with Gasteiger partial charge in [0, 0.05) is 33.0 Å². The number of allylic oxidation sites excluding steroid dienone is 6. The van der Waals surface area contributed by atoms with Gasteiger partial charge in [-0.25, -0.2) is 0 Å². The molecule has 2 nitrogen and oxygen atoms in total. The van der Waals surface area contributed by atoms with Gasteiger partial charge in [-0.3, -0.25) is 0 Å². The van der Waals surface area contributed by atoms with Gasteiger partial charge in [0.25, 0.3) is 0 Å². The van der Waals surface area contributed by atoms with Gasteiger partial charge < -0.3 is 9.47 Å². The molecule has 5 rings (SSSR count). The van der Waals surface area contributed by atoms with Crippen LogP contribution in [0.2, 0.25) is 0 Å². The van der Waals surface area contributed by atoms with Crippen molar-refractivity contribution in [3.8, 4) is 32.4 Å². The minimum atomic E-state index is 0.889. The fraction of sp³-hybridized carbons (Fsp3) is 0.0769. The van der Waals surface area contributed by atoms with Crippen LogP contribution in [0.15, 0.2) is 84.3 Å². The number of hydrogen-bond acceptors (Lipinski definition) is 4. The van der Waals surface area contributed by atoms with Crippen molar-refractivity contribution in [3.63, 3.8) is 0 Å². The SMILES string of the molecule is COc1cc(C2=C=CC=C2)sc1-c1ccc(-c2sc(C3=C=CC=C3)cc2OC)cc1. The highest BCUT2D eigenvalue weighted by Crippen LogP contribution is 2.44. The summed E-state index contributed by atoms with van der Waals surface area (Å²) in [7, 11) is 3.44. The van der Waals surface area contributed by atoms with Crippen LogP contribution < -0.4 is 9.47 Å². The van der Waals surface area contributed by atoms with E-state index >= 15 is 0 Å². The number of rotatable bonds is 6. The molecule has 4 heteroatoms. The molecule has 0 N–H and O–H groups in total. The molecule has 0 fully saturated rings. The maximum Gasteiger partial charge on any atom is 0.138 e. The maximum absolute atomic E-state index is 5.65. The molecule has 0 saturated heterocycles. The molecule has 0 amide bonds. The van der Waals surface area contributed by atoms with Crippen molar-refractivity contribution in [1.82, 2.24) is 0 Å². The van der Waals surface area contributed by atoms with Crippen molar-refractivity contribution in [3.05, 3.63) is 94.1 Å². The van der Waals surface area contributed by atoms with E-state index in [1.807, 2.05) is 24.3 Å². The lowest BCUT2D eigenvalue weighted by Crippen LogP contribution is -1.84. The number of benzene rings is 1. The minimum Gasteiger partial charge on any atom is -0.495 e. The first-order valence-corrected chi connectivity index (χ1v) is 11.1. The van der Waals surface area contributed by atoms with Crippen LogP contribution in [0.4, 0.5) is 0 Å².